The van der Waals surface area contributed by atoms with Crippen LogP contribution in [-0.2, 0) is 16.1 Å². The lowest BCUT2D eigenvalue weighted by atomic mass is 10.0. The Morgan fingerprint density at radius 3 is 2.41 bits per heavy atom. The monoisotopic (exact) mass is 485 g/mol. The molecule has 4 rings (SSSR count). The van der Waals surface area contributed by atoms with Crippen LogP contribution < -0.4 is 10.2 Å². The van der Waals surface area contributed by atoms with Gasteiger partial charge in [-0.15, -0.1) is 0 Å². The van der Waals surface area contributed by atoms with E-state index in [0.717, 1.165) is 42.7 Å². The first-order valence-electron chi connectivity index (χ1n) is 12.0. The Balaban J connectivity index is 1.31. The molecule has 0 radical (unpaired) electrons. The van der Waals surface area contributed by atoms with E-state index < -0.39 is 24.0 Å². The predicted molar refractivity (Wildman–Crippen MR) is 132 cm³/mol. The molecule has 2 aromatic rings. The van der Waals surface area contributed by atoms with Gasteiger partial charge in [0.1, 0.15) is 0 Å². The molecule has 0 bridgehead atoms. The van der Waals surface area contributed by atoms with Crippen molar-refractivity contribution in [3.63, 3.8) is 0 Å². The van der Waals surface area contributed by atoms with Gasteiger partial charge in [-0.05, 0) is 67.5 Å². The normalized spacial score (nSPS) is 20.1. The maximum atomic E-state index is 12.9. The number of piperidine rings is 1. The third-order valence-electron chi connectivity index (χ3n) is 6.71. The van der Waals surface area contributed by atoms with Crippen LogP contribution in [0, 0.1) is 0 Å². The summed E-state index contributed by atoms with van der Waals surface area (Å²) in [5.41, 5.74) is 2.91. The number of rotatable bonds is 7. The lowest BCUT2D eigenvalue weighted by Gasteiger charge is -2.29. The smallest absolute Gasteiger partial charge is 0.255 e. The third-order valence-corrected chi connectivity index (χ3v) is 6.95. The molecular formula is C26H32ClN3O4. The molecule has 2 fully saturated rings. The van der Waals surface area contributed by atoms with Crippen molar-refractivity contribution in [2.24, 2.45) is 0 Å². The van der Waals surface area contributed by atoms with Crippen molar-refractivity contribution in [3.8, 4) is 0 Å². The summed E-state index contributed by atoms with van der Waals surface area (Å²) in [5.74, 6) is -1.43. The van der Waals surface area contributed by atoms with E-state index in [1.165, 1.54) is 24.2 Å². The number of carbonyl (C=O) groups is 2. The number of aliphatic hydroxyl groups excluding tert-OH is 2. The lowest BCUT2D eigenvalue weighted by Crippen LogP contribution is -2.50. The Morgan fingerprint density at radius 2 is 1.71 bits per heavy atom. The van der Waals surface area contributed by atoms with Crippen LogP contribution in [0.5, 0.6) is 0 Å². The average Bonchev–Trinajstić information content (AvgIpc) is 3.37. The second-order valence-corrected chi connectivity index (χ2v) is 9.50. The van der Waals surface area contributed by atoms with Gasteiger partial charge in [0.2, 0.25) is 0 Å². The van der Waals surface area contributed by atoms with Gasteiger partial charge in [-0.2, -0.15) is 0 Å². The molecule has 3 atom stereocenters. The molecule has 2 aliphatic heterocycles. The Morgan fingerprint density at radius 1 is 0.971 bits per heavy atom. The SMILES string of the molecule is O=C(NCc1ccc(N2CCCCC2)cc1)[C@H](O)[C@@H](O)C(=O)N1CCCC1c1cccc(Cl)c1. The van der Waals surface area contributed by atoms with Crippen LogP contribution in [0.2, 0.25) is 5.02 Å². The molecule has 0 aromatic heterocycles. The van der Waals surface area contributed by atoms with Gasteiger partial charge in [0.15, 0.2) is 12.2 Å². The second kappa shape index (κ2) is 11.2. The van der Waals surface area contributed by atoms with Crippen LogP contribution in [0.4, 0.5) is 5.69 Å². The van der Waals surface area contributed by atoms with Crippen molar-refractivity contribution in [1.29, 1.82) is 0 Å². The van der Waals surface area contributed by atoms with E-state index in [1.54, 1.807) is 12.1 Å². The summed E-state index contributed by atoms with van der Waals surface area (Å²) in [6, 6.07) is 15.0. The number of amides is 2. The Bertz CT molecular complexity index is 994. The number of halogens is 1. The van der Waals surface area contributed by atoms with Crippen molar-refractivity contribution in [2.75, 3.05) is 24.5 Å². The van der Waals surface area contributed by atoms with Crippen LogP contribution in [0.1, 0.15) is 49.3 Å². The van der Waals surface area contributed by atoms with Crippen LogP contribution in [0.25, 0.3) is 0 Å². The predicted octanol–water partition coefficient (Wildman–Crippen LogP) is 3.03. The molecule has 0 spiro atoms. The number of hydrogen-bond donors (Lipinski definition) is 3. The summed E-state index contributed by atoms with van der Waals surface area (Å²) in [5, 5.41) is 24.0. The molecule has 2 saturated heterocycles. The Kier molecular flexibility index (Phi) is 8.08. The second-order valence-electron chi connectivity index (χ2n) is 9.07. The number of aliphatic hydroxyl groups is 2. The van der Waals surface area contributed by atoms with Gasteiger partial charge in [-0.1, -0.05) is 35.9 Å². The summed E-state index contributed by atoms with van der Waals surface area (Å²) >= 11 is 6.09. The molecule has 8 heteroatoms. The highest BCUT2D eigenvalue weighted by molar-refractivity contribution is 6.30. The van der Waals surface area contributed by atoms with Gasteiger partial charge in [0, 0.05) is 36.9 Å². The largest absolute Gasteiger partial charge is 0.380 e. The molecule has 2 amide bonds. The van der Waals surface area contributed by atoms with E-state index in [1.807, 2.05) is 36.4 Å². The maximum absolute atomic E-state index is 12.9. The number of carbonyl (C=O) groups excluding carboxylic acids is 2. The van der Waals surface area contributed by atoms with Gasteiger partial charge >= 0.3 is 0 Å². The van der Waals surface area contributed by atoms with E-state index in [-0.39, 0.29) is 12.6 Å². The highest BCUT2D eigenvalue weighted by Crippen LogP contribution is 2.33. The van der Waals surface area contributed by atoms with Crippen LogP contribution in [0.3, 0.4) is 0 Å². The first-order valence-corrected chi connectivity index (χ1v) is 12.4. The minimum absolute atomic E-state index is 0.200. The van der Waals surface area contributed by atoms with Gasteiger partial charge in [-0.3, -0.25) is 9.59 Å². The summed E-state index contributed by atoms with van der Waals surface area (Å²) in [4.78, 5) is 29.3. The Labute approximate surface area is 205 Å². The molecule has 0 saturated carbocycles. The van der Waals surface area contributed by atoms with E-state index in [2.05, 4.69) is 10.2 Å². The fourth-order valence-corrected chi connectivity index (χ4v) is 5.01. The standard InChI is InChI=1S/C26H32ClN3O4/c27-20-7-4-6-19(16-20)22-8-5-15-30(22)26(34)24(32)23(31)25(33)28-17-18-9-11-21(12-10-18)29-13-2-1-3-14-29/h4,6-7,9-12,16,22-24,31-32H,1-3,5,8,13-15,17H2,(H,28,33)/t22?,23-,24-/m1/s1. The topological polar surface area (TPSA) is 93.1 Å². The number of benzene rings is 2. The highest BCUT2D eigenvalue weighted by atomic mass is 35.5. The quantitative estimate of drug-likeness (QED) is 0.560. The van der Waals surface area contributed by atoms with Gasteiger partial charge in [0.25, 0.3) is 11.8 Å². The van der Waals surface area contributed by atoms with Crippen LogP contribution in [0.15, 0.2) is 48.5 Å². The number of hydrogen-bond acceptors (Lipinski definition) is 5. The maximum Gasteiger partial charge on any atom is 0.255 e. The summed E-state index contributed by atoms with van der Waals surface area (Å²) in [7, 11) is 0. The van der Waals surface area contributed by atoms with E-state index in [0.29, 0.717) is 11.6 Å². The van der Waals surface area contributed by atoms with E-state index in [9.17, 15) is 19.8 Å². The first kappa shape index (κ1) is 24.5. The number of anilines is 1. The molecular weight excluding hydrogens is 454 g/mol. The van der Waals surface area contributed by atoms with Gasteiger partial charge in [0.05, 0.1) is 6.04 Å². The van der Waals surface area contributed by atoms with Crippen molar-refractivity contribution < 1.29 is 19.8 Å². The highest BCUT2D eigenvalue weighted by Gasteiger charge is 2.38. The van der Waals surface area contributed by atoms with E-state index in [4.69, 9.17) is 11.6 Å². The average molecular weight is 486 g/mol. The molecule has 7 nitrogen and oxygen atoms in total. The fraction of sp³-hybridized carbons (Fsp3) is 0.462. The molecule has 1 unspecified atom stereocenters. The minimum Gasteiger partial charge on any atom is -0.380 e. The molecule has 2 aromatic carbocycles. The summed E-state index contributed by atoms with van der Waals surface area (Å²) in [6.45, 7) is 2.77. The number of likely N-dealkylation sites (tertiary alicyclic amines) is 1. The summed E-state index contributed by atoms with van der Waals surface area (Å²) in [6.07, 6.45) is 1.50. The molecule has 0 aliphatic carbocycles. The van der Waals surface area contributed by atoms with Crippen LogP contribution >= 0.6 is 11.6 Å². The zero-order valence-electron chi connectivity index (χ0n) is 19.2. The van der Waals surface area contributed by atoms with Crippen LogP contribution in [-0.4, -0.2) is 58.8 Å². The van der Waals surface area contributed by atoms with Gasteiger partial charge in [-0.25, -0.2) is 0 Å². The molecule has 2 aliphatic rings. The number of nitrogens with one attached hydrogen (secondary N) is 1. The minimum atomic E-state index is -1.85. The molecule has 34 heavy (non-hydrogen) atoms. The zero-order chi connectivity index (χ0) is 24.1. The fourth-order valence-electron chi connectivity index (χ4n) is 4.81. The number of nitrogens with zero attached hydrogens (tertiary/aromatic N) is 2. The van der Waals surface area contributed by atoms with Gasteiger partial charge < -0.3 is 25.3 Å². The first-order chi connectivity index (χ1) is 16.4. The van der Waals surface area contributed by atoms with E-state index >= 15 is 0 Å². The van der Waals surface area contributed by atoms with Crippen molar-refractivity contribution in [1.82, 2.24) is 10.2 Å². The molecule has 182 valence electrons. The van der Waals surface area contributed by atoms with Crippen molar-refractivity contribution >= 4 is 29.1 Å². The lowest BCUT2D eigenvalue weighted by molar-refractivity contribution is -0.153. The molecule has 3 N–H and O–H groups in total. The van der Waals surface area contributed by atoms with Crippen molar-refractivity contribution in [3.05, 3.63) is 64.7 Å². The van der Waals surface area contributed by atoms with Crippen molar-refractivity contribution in [2.45, 2.75) is 56.9 Å². The third kappa shape index (κ3) is 5.71. The molecule has 2 heterocycles. The Hall–Kier alpha value is -2.61. The zero-order valence-corrected chi connectivity index (χ0v) is 20.0. The summed E-state index contributed by atoms with van der Waals surface area (Å²) < 4.78 is 0.